The number of carboxylic acid groups (broad SMARTS) is 1. The van der Waals surface area contributed by atoms with Gasteiger partial charge in [0.2, 0.25) is 0 Å². The average Bonchev–Trinajstić information content (AvgIpc) is 2.81. The molecular formula is C22H33F3N6O3. The molecule has 9 nitrogen and oxygen atoms in total. The van der Waals surface area contributed by atoms with Crippen LogP contribution in [0.15, 0.2) is 12.4 Å². The molecule has 2 N–H and O–H groups in total. The summed E-state index contributed by atoms with van der Waals surface area (Å²) < 4.78 is 44.5. The van der Waals surface area contributed by atoms with Crippen LogP contribution in [-0.2, 0) is 15.7 Å². The maximum absolute atomic E-state index is 12.8. The Labute approximate surface area is 197 Å². The second kappa shape index (κ2) is 11.1. The van der Waals surface area contributed by atoms with Crippen LogP contribution in [0.3, 0.4) is 0 Å². The quantitative estimate of drug-likeness (QED) is 0.596. The van der Waals surface area contributed by atoms with Gasteiger partial charge in [-0.15, -0.1) is 0 Å². The lowest BCUT2D eigenvalue weighted by Gasteiger charge is -2.43. The highest BCUT2D eigenvalue weighted by Crippen LogP contribution is 2.28. The summed E-state index contributed by atoms with van der Waals surface area (Å²) >= 11 is 0. The zero-order valence-corrected chi connectivity index (χ0v) is 19.2. The number of carboxylic acids is 1. The Kier molecular flexibility index (Phi) is 8.22. The molecule has 0 saturated carbocycles. The first kappa shape index (κ1) is 25.1. The average molecular weight is 487 g/mol. The zero-order chi connectivity index (χ0) is 24.1. The van der Waals surface area contributed by atoms with Crippen LogP contribution < -0.4 is 5.32 Å². The van der Waals surface area contributed by atoms with Crippen molar-refractivity contribution in [3.63, 3.8) is 0 Å². The van der Waals surface area contributed by atoms with Crippen molar-refractivity contribution in [1.29, 1.82) is 0 Å². The van der Waals surface area contributed by atoms with Gasteiger partial charge in [-0.2, -0.15) is 13.2 Å². The second-order valence-corrected chi connectivity index (χ2v) is 9.40. The lowest BCUT2D eigenvalue weighted by molar-refractivity contribution is -0.141. The smallest absolute Gasteiger partial charge is 0.434 e. The number of halogens is 3. The summed E-state index contributed by atoms with van der Waals surface area (Å²) in [5.41, 5.74) is -1.00. The molecule has 0 amide bonds. The molecule has 0 bridgehead atoms. The summed E-state index contributed by atoms with van der Waals surface area (Å²) in [5.74, 6) is -0.643. The first-order chi connectivity index (χ1) is 16.3. The van der Waals surface area contributed by atoms with Crippen molar-refractivity contribution < 1.29 is 27.8 Å². The summed E-state index contributed by atoms with van der Waals surface area (Å²) in [4.78, 5) is 25.1. The third-order valence-corrected chi connectivity index (χ3v) is 6.95. The molecule has 1 aromatic heterocycles. The number of aromatic nitrogens is 2. The monoisotopic (exact) mass is 486 g/mol. The van der Waals surface area contributed by atoms with Crippen LogP contribution in [0.4, 0.5) is 19.0 Å². The standard InChI is InChI=1S/C22H33F3N6O3/c23-22(24,25)19-11-26-12-20(28-19)27-16-1-2-18(34-15-16)13-30-7-9-31(10-8-30)17-3-5-29(6-4-17)14-21(32)33/h11-12,16-18H,1-10,13-15H2,(H,27,28)(H,32,33)/t16-,18+/m1/s1. The molecule has 0 radical (unpaired) electrons. The normalized spacial score (nSPS) is 26.4. The Hall–Kier alpha value is -2.02. The van der Waals surface area contributed by atoms with Gasteiger partial charge < -0.3 is 15.2 Å². The topological polar surface area (TPSA) is 94.1 Å². The van der Waals surface area contributed by atoms with Gasteiger partial charge in [0.1, 0.15) is 5.82 Å². The van der Waals surface area contributed by atoms with E-state index < -0.39 is 17.8 Å². The van der Waals surface area contributed by atoms with Crippen molar-refractivity contribution in [1.82, 2.24) is 24.7 Å². The van der Waals surface area contributed by atoms with E-state index in [1.807, 2.05) is 4.90 Å². The number of ether oxygens (including phenoxy) is 1. The highest BCUT2D eigenvalue weighted by atomic mass is 19.4. The first-order valence-corrected chi connectivity index (χ1v) is 11.9. The van der Waals surface area contributed by atoms with Gasteiger partial charge in [-0.3, -0.25) is 24.5 Å². The van der Waals surface area contributed by atoms with Crippen molar-refractivity contribution in [2.75, 3.05) is 64.3 Å². The fraction of sp³-hybridized carbons (Fsp3) is 0.773. The maximum atomic E-state index is 12.8. The van der Waals surface area contributed by atoms with E-state index in [-0.39, 0.29) is 24.5 Å². The van der Waals surface area contributed by atoms with Crippen LogP contribution in [0.5, 0.6) is 0 Å². The molecule has 3 saturated heterocycles. The molecule has 0 spiro atoms. The van der Waals surface area contributed by atoms with Crippen LogP contribution in [0.1, 0.15) is 31.4 Å². The van der Waals surface area contributed by atoms with Crippen LogP contribution in [0.2, 0.25) is 0 Å². The van der Waals surface area contributed by atoms with Gasteiger partial charge in [0.15, 0.2) is 5.69 Å². The number of nitrogens with zero attached hydrogens (tertiary/aromatic N) is 5. The lowest BCUT2D eigenvalue weighted by Crippen LogP contribution is -2.54. The van der Waals surface area contributed by atoms with Crippen molar-refractivity contribution in [2.45, 2.75) is 50.0 Å². The number of carbonyl (C=O) groups is 1. The molecule has 4 heterocycles. The number of nitrogens with one attached hydrogen (secondary N) is 1. The predicted molar refractivity (Wildman–Crippen MR) is 119 cm³/mol. The minimum absolute atomic E-state index is 0.0853. The maximum Gasteiger partial charge on any atom is 0.434 e. The van der Waals surface area contributed by atoms with Crippen LogP contribution in [-0.4, -0.2) is 113 Å². The van der Waals surface area contributed by atoms with Crippen molar-refractivity contribution in [3.05, 3.63) is 18.1 Å². The van der Waals surface area contributed by atoms with Gasteiger partial charge in [-0.05, 0) is 25.7 Å². The van der Waals surface area contributed by atoms with Crippen molar-refractivity contribution in [2.24, 2.45) is 0 Å². The van der Waals surface area contributed by atoms with Gasteiger partial charge in [-0.25, -0.2) is 4.98 Å². The zero-order valence-electron chi connectivity index (χ0n) is 19.2. The summed E-state index contributed by atoms with van der Waals surface area (Å²) in [6.07, 6.45) is 1.31. The molecule has 190 valence electrons. The predicted octanol–water partition coefficient (Wildman–Crippen LogP) is 1.62. The molecular weight excluding hydrogens is 453 g/mol. The molecule has 1 aromatic rings. The number of rotatable bonds is 7. The third kappa shape index (κ3) is 7.00. The van der Waals surface area contributed by atoms with Gasteiger partial charge in [-0.1, -0.05) is 0 Å². The van der Waals surface area contributed by atoms with Gasteiger partial charge in [0.05, 0.1) is 37.7 Å². The molecule has 0 aromatic carbocycles. The molecule has 3 aliphatic heterocycles. The number of aliphatic carboxylic acids is 1. The fourth-order valence-corrected chi connectivity index (χ4v) is 5.08. The van der Waals surface area contributed by atoms with E-state index in [0.717, 1.165) is 77.7 Å². The van der Waals surface area contributed by atoms with Crippen LogP contribution in [0, 0.1) is 0 Å². The molecule has 2 atom stereocenters. The molecule has 3 aliphatic rings. The van der Waals surface area contributed by atoms with E-state index in [2.05, 4.69) is 25.1 Å². The highest BCUT2D eigenvalue weighted by Gasteiger charge is 2.34. The summed E-state index contributed by atoms with van der Waals surface area (Å²) in [5, 5.41) is 12.0. The van der Waals surface area contributed by atoms with E-state index >= 15 is 0 Å². The summed E-state index contributed by atoms with van der Waals surface area (Å²) in [7, 11) is 0. The number of piperazine rings is 1. The summed E-state index contributed by atoms with van der Waals surface area (Å²) in [6, 6.07) is 0.446. The SMILES string of the molecule is O=C(O)CN1CCC(N2CCN(C[C@@H]3CC[C@@H](Nc4cncc(C(F)(F)F)n4)CO3)CC2)CC1. The Balaban J connectivity index is 1.14. The Morgan fingerprint density at radius 2 is 1.79 bits per heavy atom. The molecule has 4 rings (SSSR count). The van der Waals surface area contributed by atoms with Crippen molar-refractivity contribution in [3.8, 4) is 0 Å². The number of piperidine rings is 1. The van der Waals surface area contributed by atoms with E-state index in [0.29, 0.717) is 12.6 Å². The fourth-order valence-electron chi connectivity index (χ4n) is 5.08. The lowest BCUT2D eigenvalue weighted by atomic mass is 10.0. The largest absolute Gasteiger partial charge is 0.480 e. The third-order valence-electron chi connectivity index (χ3n) is 6.95. The second-order valence-electron chi connectivity index (χ2n) is 9.40. The Morgan fingerprint density at radius 1 is 1.06 bits per heavy atom. The molecule has 12 heteroatoms. The van der Waals surface area contributed by atoms with Crippen LogP contribution >= 0.6 is 0 Å². The number of anilines is 1. The Morgan fingerprint density at radius 3 is 2.41 bits per heavy atom. The molecule has 3 fully saturated rings. The Bertz CT molecular complexity index is 805. The van der Waals surface area contributed by atoms with Gasteiger partial charge in [0, 0.05) is 51.9 Å². The molecule has 34 heavy (non-hydrogen) atoms. The number of likely N-dealkylation sites (tertiary alicyclic amines) is 1. The number of alkyl halides is 3. The number of hydrogen-bond donors (Lipinski definition) is 2. The summed E-state index contributed by atoms with van der Waals surface area (Å²) in [6.45, 7) is 7.09. The molecule has 0 unspecified atom stereocenters. The molecule has 0 aliphatic carbocycles. The first-order valence-electron chi connectivity index (χ1n) is 11.9. The van der Waals surface area contributed by atoms with Gasteiger partial charge in [0.25, 0.3) is 0 Å². The van der Waals surface area contributed by atoms with E-state index in [4.69, 9.17) is 9.84 Å². The number of hydrogen-bond acceptors (Lipinski definition) is 8. The highest BCUT2D eigenvalue weighted by molar-refractivity contribution is 5.69. The van der Waals surface area contributed by atoms with Gasteiger partial charge >= 0.3 is 12.1 Å². The van der Waals surface area contributed by atoms with Crippen molar-refractivity contribution >= 4 is 11.8 Å². The van der Waals surface area contributed by atoms with E-state index in [9.17, 15) is 18.0 Å². The van der Waals surface area contributed by atoms with E-state index in [1.165, 1.54) is 6.20 Å². The van der Waals surface area contributed by atoms with Crippen LogP contribution in [0.25, 0.3) is 0 Å². The minimum Gasteiger partial charge on any atom is -0.480 e. The minimum atomic E-state index is -4.51. The van der Waals surface area contributed by atoms with E-state index in [1.54, 1.807) is 0 Å².